The van der Waals surface area contributed by atoms with E-state index >= 15 is 0 Å². The third-order valence-electron chi connectivity index (χ3n) is 5.87. The molecule has 0 saturated carbocycles. The van der Waals surface area contributed by atoms with Gasteiger partial charge in [0.05, 0.1) is 28.1 Å². The van der Waals surface area contributed by atoms with Crippen LogP contribution in [0, 0.1) is 10.1 Å². The molecule has 2 heterocycles. The van der Waals surface area contributed by atoms with Crippen molar-refractivity contribution in [2.24, 2.45) is 5.10 Å². The molecule has 0 amide bonds. The van der Waals surface area contributed by atoms with Crippen LogP contribution in [-0.4, -0.2) is 26.9 Å². The van der Waals surface area contributed by atoms with Gasteiger partial charge in [-0.1, -0.05) is 30.7 Å². The zero-order valence-corrected chi connectivity index (χ0v) is 20.7. The maximum atomic E-state index is 13.5. The van der Waals surface area contributed by atoms with Crippen LogP contribution in [0.3, 0.4) is 0 Å². The average Bonchev–Trinajstić information content (AvgIpc) is 3.31. The van der Waals surface area contributed by atoms with E-state index in [1.165, 1.54) is 24.4 Å². The van der Waals surface area contributed by atoms with Gasteiger partial charge in [0.2, 0.25) is 5.82 Å². The Morgan fingerprint density at radius 3 is 2.78 bits per heavy atom. The van der Waals surface area contributed by atoms with Gasteiger partial charge in [-0.15, -0.1) is 0 Å². The first-order valence-corrected chi connectivity index (χ1v) is 11.9. The highest BCUT2D eigenvalue weighted by Crippen LogP contribution is 2.29. The van der Waals surface area contributed by atoms with Crippen LogP contribution in [-0.2, 0) is 0 Å². The highest BCUT2D eigenvalue weighted by Gasteiger charge is 2.18. The zero-order valence-electron chi connectivity index (χ0n) is 19.9. The minimum Gasteiger partial charge on any atom is -0.490 e. The van der Waals surface area contributed by atoms with E-state index in [0.29, 0.717) is 38.6 Å². The molecule has 0 N–H and O–H groups in total. The molecule has 3 aromatic carbocycles. The summed E-state index contributed by atoms with van der Waals surface area (Å²) in [5.74, 6) is 0.889. The summed E-state index contributed by atoms with van der Waals surface area (Å²) < 4.78 is 13.0. The molecular formula is C27H21ClN4O5. The Kier molecular flexibility index (Phi) is 6.45. The number of non-ortho nitro benzene ring substituents is 1. The van der Waals surface area contributed by atoms with Crippen molar-refractivity contribution in [2.45, 2.75) is 26.4 Å². The fraction of sp³-hybridized carbons (Fsp3) is 0.148. The molecule has 0 aliphatic carbocycles. The smallest absolute Gasteiger partial charge is 0.282 e. The molecule has 9 nitrogen and oxygen atoms in total. The molecule has 5 rings (SSSR count). The lowest BCUT2D eigenvalue weighted by atomic mass is 10.2. The first kappa shape index (κ1) is 24.2. The van der Waals surface area contributed by atoms with E-state index in [9.17, 15) is 14.9 Å². The normalized spacial score (nSPS) is 12.4. The summed E-state index contributed by atoms with van der Waals surface area (Å²) in [7, 11) is 0. The predicted octanol–water partition coefficient (Wildman–Crippen LogP) is 6.43. The molecule has 1 atom stereocenters. The second kappa shape index (κ2) is 9.87. The second-order valence-electron chi connectivity index (χ2n) is 8.42. The molecule has 2 aromatic heterocycles. The lowest BCUT2D eigenvalue weighted by molar-refractivity contribution is -0.384. The van der Waals surface area contributed by atoms with Crippen LogP contribution in [0.15, 0.2) is 81.0 Å². The van der Waals surface area contributed by atoms with Gasteiger partial charge >= 0.3 is 0 Å². The first-order valence-electron chi connectivity index (χ1n) is 11.5. The average molecular weight is 517 g/mol. The van der Waals surface area contributed by atoms with Crippen molar-refractivity contribution >= 4 is 45.4 Å². The summed E-state index contributed by atoms with van der Waals surface area (Å²) in [5, 5.41) is 17.5. The standard InChI is InChI=1S/C27H21ClN4O5/c1-3-16(2)36-24-11-9-20(32(34)35)13-18(24)15-29-31-26(30-22-7-5-4-6-21(22)27(31)33)25-14-17-12-19(28)8-10-23(17)37-25/h4-16H,3H2,1-2H3/t16-/m1/s1. The number of nitrogens with zero attached hydrogens (tertiary/aromatic N) is 4. The van der Waals surface area contributed by atoms with Gasteiger partial charge in [-0.2, -0.15) is 9.78 Å². The van der Waals surface area contributed by atoms with Crippen molar-refractivity contribution < 1.29 is 14.1 Å². The predicted molar refractivity (Wildman–Crippen MR) is 143 cm³/mol. The van der Waals surface area contributed by atoms with Crippen molar-refractivity contribution in [3.63, 3.8) is 0 Å². The molecule has 10 heteroatoms. The van der Waals surface area contributed by atoms with Gasteiger partial charge in [0, 0.05) is 28.1 Å². The topological polar surface area (TPSA) is 113 Å². The number of hydrogen-bond donors (Lipinski definition) is 0. The number of nitro groups is 1. The second-order valence-corrected chi connectivity index (χ2v) is 8.86. The Labute approximate surface area is 215 Å². The molecule has 37 heavy (non-hydrogen) atoms. The number of ether oxygens (including phenoxy) is 1. The van der Waals surface area contributed by atoms with E-state index in [-0.39, 0.29) is 17.6 Å². The van der Waals surface area contributed by atoms with Crippen LogP contribution >= 0.6 is 11.6 Å². The molecule has 0 saturated heterocycles. The summed E-state index contributed by atoms with van der Waals surface area (Å²) in [6, 6.07) is 18.1. The molecule has 186 valence electrons. The van der Waals surface area contributed by atoms with Crippen molar-refractivity contribution in [1.29, 1.82) is 0 Å². The Hall–Kier alpha value is -4.50. The Bertz CT molecular complexity index is 1740. The van der Waals surface area contributed by atoms with Gasteiger partial charge in [-0.3, -0.25) is 14.9 Å². The lowest BCUT2D eigenvalue weighted by Gasteiger charge is -2.14. The SMILES string of the molecule is CC[C@@H](C)Oc1ccc([N+](=O)[O-])cc1C=Nn1c(-c2cc3cc(Cl)ccc3o2)nc2ccccc2c1=O. The number of furan rings is 1. The molecule has 0 bridgehead atoms. The summed E-state index contributed by atoms with van der Waals surface area (Å²) in [6.07, 6.45) is 1.96. The molecule has 0 fully saturated rings. The van der Waals surface area contributed by atoms with Crippen molar-refractivity contribution in [3.8, 4) is 17.3 Å². The van der Waals surface area contributed by atoms with E-state index in [1.807, 2.05) is 13.8 Å². The maximum absolute atomic E-state index is 13.5. The first-order chi connectivity index (χ1) is 17.8. The zero-order chi connectivity index (χ0) is 26.1. The fourth-order valence-electron chi connectivity index (χ4n) is 3.79. The van der Waals surface area contributed by atoms with Crippen LogP contribution in [0.4, 0.5) is 5.69 Å². The molecule has 0 radical (unpaired) electrons. The van der Waals surface area contributed by atoms with E-state index in [2.05, 4.69) is 10.1 Å². The highest BCUT2D eigenvalue weighted by atomic mass is 35.5. The number of para-hydroxylation sites is 1. The van der Waals surface area contributed by atoms with Gasteiger partial charge in [-0.05, 0) is 55.8 Å². The monoisotopic (exact) mass is 516 g/mol. The molecule has 0 unspecified atom stereocenters. The Morgan fingerprint density at radius 2 is 2.00 bits per heavy atom. The third kappa shape index (κ3) is 4.81. The lowest BCUT2D eigenvalue weighted by Crippen LogP contribution is -2.20. The van der Waals surface area contributed by atoms with E-state index in [4.69, 9.17) is 20.8 Å². The minimum absolute atomic E-state index is 0.128. The van der Waals surface area contributed by atoms with Gasteiger partial charge in [-0.25, -0.2) is 4.98 Å². The summed E-state index contributed by atoms with van der Waals surface area (Å²) in [5.41, 5.74) is 0.835. The minimum atomic E-state index is -0.501. The highest BCUT2D eigenvalue weighted by molar-refractivity contribution is 6.31. The molecule has 0 spiro atoms. The number of halogens is 1. The van der Waals surface area contributed by atoms with Crippen molar-refractivity contribution in [2.75, 3.05) is 0 Å². The Balaban J connectivity index is 1.70. The van der Waals surface area contributed by atoms with Crippen LogP contribution in [0.25, 0.3) is 33.5 Å². The summed E-state index contributed by atoms with van der Waals surface area (Å²) in [4.78, 5) is 29.1. The number of nitro benzene ring substituents is 1. The number of aromatic nitrogens is 2. The quantitative estimate of drug-likeness (QED) is 0.140. The fourth-order valence-corrected chi connectivity index (χ4v) is 3.97. The van der Waals surface area contributed by atoms with Crippen LogP contribution in [0.5, 0.6) is 5.75 Å². The van der Waals surface area contributed by atoms with Crippen LogP contribution < -0.4 is 10.3 Å². The van der Waals surface area contributed by atoms with Crippen LogP contribution in [0.1, 0.15) is 25.8 Å². The van der Waals surface area contributed by atoms with Gasteiger partial charge in [0.15, 0.2) is 5.76 Å². The van der Waals surface area contributed by atoms with Crippen LogP contribution in [0.2, 0.25) is 5.02 Å². The van der Waals surface area contributed by atoms with Crippen molar-refractivity contribution in [3.05, 3.63) is 97.8 Å². The number of benzene rings is 3. The molecule has 0 aliphatic rings. The van der Waals surface area contributed by atoms with Gasteiger partial charge < -0.3 is 9.15 Å². The number of rotatable bonds is 7. The number of fused-ring (bicyclic) bond motifs is 2. The maximum Gasteiger partial charge on any atom is 0.282 e. The molecule has 5 aromatic rings. The summed E-state index contributed by atoms with van der Waals surface area (Å²) >= 11 is 6.13. The van der Waals surface area contributed by atoms with E-state index < -0.39 is 10.5 Å². The Morgan fingerprint density at radius 1 is 1.19 bits per heavy atom. The largest absolute Gasteiger partial charge is 0.490 e. The third-order valence-corrected chi connectivity index (χ3v) is 6.11. The van der Waals surface area contributed by atoms with E-state index in [0.717, 1.165) is 16.5 Å². The number of hydrogen-bond acceptors (Lipinski definition) is 7. The van der Waals surface area contributed by atoms with E-state index in [1.54, 1.807) is 48.5 Å². The summed E-state index contributed by atoms with van der Waals surface area (Å²) in [6.45, 7) is 3.86. The van der Waals surface area contributed by atoms with Crippen molar-refractivity contribution in [1.82, 2.24) is 9.66 Å². The van der Waals surface area contributed by atoms with Gasteiger partial charge in [0.1, 0.15) is 11.3 Å². The van der Waals surface area contributed by atoms with Gasteiger partial charge in [0.25, 0.3) is 11.2 Å². The molecular weight excluding hydrogens is 496 g/mol. The molecule has 0 aliphatic heterocycles.